The van der Waals surface area contributed by atoms with E-state index in [1.54, 1.807) is 0 Å². The Morgan fingerprint density at radius 2 is 2.25 bits per heavy atom. The van der Waals surface area contributed by atoms with Crippen molar-refractivity contribution in [3.05, 3.63) is 29.3 Å². The highest BCUT2D eigenvalue weighted by Gasteiger charge is 2.14. The van der Waals surface area contributed by atoms with Crippen LogP contribution < -0.4 is 10.6 Å². The van der Waals surface area contributed by atoms with Gasteiger partial charge in [-0.2, -0.15) is 0 Å². The van der Waals surface area contributed by atoms with Crippen LogP contribution >= 0.6 is 0 Å². The van der Waals surface area contributed by atoms with Gasteiger partial charge in [-0.3, -0.25) is 9.59 Å². The normalized spacial score (nSPS) is 14.2. The molecule has 3 N–H and O–H groups in total. The molecule has 1 amide bonds. The first-order valence-electron chi connectivity index (χ1n) is 6.95. The van der Waals surface area contributed by atoms with Crippen LogP contribution in [0.3, 0.4) is 0 Å². The Morgan fingerprint density at radius 1 is 1.45 bits per heavy atom. The molecule has 1 aliphatic heterocycles. The van der Waals surface area contributed by atoms with E-state index in [4.69, 9.17) is 5.11 Å². The molecule has 0 radical (unpaired) electrons. The number of carbonyl (C=O) groups is 2. The minimum atomic E-state index is -0.797. The fourth-order valence-corrected chi connectivity index (χ4v) is 2.38. The third-order valence-corrected chi connectivity index (χ3v) is 3.48. The van der Waals surface area contributed by atoms with Crippen molar-refractivity contribution in [2.24, 2.45) is 0 Å². The predicted molar refractivity (Wildman–Crippen MR) is 77.1 cm³/mol. The quantitative estimate of drug-likeness (QED) is 0.743. The Morgan fingerprint density at radius 3 is 3.00 bits per heavy atom. The van der Waals surface area contributed by atoms with Crippen molar-refractivity contribution in [3.63, 3.8) is 0 Å². The number of carboxylic acid groups (broad SMARTS) is 1. The summed E-state index contributed by atoms with van der Waals surface area (Å²) in [6.45, 7) is 2.82. The lowest BCUT2D eigenvalue weighted by Crippen LogP contribution is -2.32. The summed E-state index contributed by atoms with van der Waals surface area (Å²) in [5.41, 5.74) is 2.95. The molecule has 2 rings (SSSR count). The first-order chi connectivity index (χ1) is 9.56. The number of carboxylic acids is 1. The van der Waals surface area contributed by atoms with Gasteiger partial charge in [0.05, 0.1) is 0 Å². The Labute approximate surface area is 118 Å². The summed E-state index contributed by atoms with van der Waals surface area (Å²) in [5, 5.41) is 14.7. The SMILES string of the molecule is CC(CCCC(=O)O)NC(=O)c1ccc2c(c1)CCN2. The number of anilines is 1. The number of hydrogen-bond acceptors (Lipinski definition) is 3. The number of aliphatic carboxylic acids is 1. The number of carbonyl (C=O) groups excluding carboxylic acids is 1. The molecule has 0 aliphatic carbocycles. The van der Waals surface area contributed by atoms with Crippen LogP contribution in [0.4, 0.5) is 5.69 Å². The Hall–Kier alpha value is -2.04. The molecule has 1 aromatic carbocycles. The van der Waals surface area contributed by atoms with Gasteiger partial charge in [-0.1, -0.05) is 0 Å². The average Bonchev–Trinajstić information content (AvgIpc) is 2.85. The van der Waals surface area contributed by atoms with Crippen LogP contribution in [0.1, 0.15) is 42.1 Å². The zero-order chi connectivity index (χ0) is 14.5. The largest absolute Gasteiger partial charge is 0.481 e. The second-order valence-electron chi connectivity index (χ2n) is 5.21. The molecule has 0 spiro atoms. The fraction of sp³-hybridized carbons (Fsp3) is 0.467. The van der Waals surface area contributed by atoms with Gasteiger partial charge >= 0.3 is 5.97 Å². The van der Waals surface area contributed by atoms with E-state index < -0.39 is 5.97 Å². The molecule has 1 heterocycles. The van der Waals surface area contributed by atoms with E-state index >= 15 is 0 Å². The first kappa shape index (κ1) is 14.4. The van der Waals surface area contributed by atoms with E-state index in [1.165, 1.54) is 5.56 Å². The summed E-state index contributed by atoms with van der Waals surface area (Å²) >= 11 is 0. The highest BCUT2D eigenvalue weighted by molar-refractivity contribution is 5.95. The van der Waals surface area contributed by atoms with Gasteiger partial charge in [-0.15, -0.1) is 0 Å². The van der Waals surface area contributed by atoms with Gasteiger partial charge < -0.3 is 15.7 Å². The summed E-state index contributed by atoms with van der Waals surface area (Å²) in [6.07, 6.45) is 2.34. The van der Waals surface area contributed by atoms with E-state index in [2.05, 4.69) is 10.6 Å². The first-order valence-corrected chi connectivity index (χ1v) is 6.95. The molecule has 5 heteroatoms. The zero-order valence-electron chi connectivity index (χ0n) is 11.6. The molecule has 0 saturated carbocycles. The molecule has 1 unspecified atom stereocenters. The molecule has 108 valence electrons. The third kappa shape index (κ3) is 3.73. The molecular weight excluding hydrogens is 256 g/mol. The minimum absolute atomic E-state index is 0.0202. The number of hydrogen-bond donors (Lipinski definition) is 3. The molecule has 0 fully saturated rings. The van der Waals surface area contributed by atoms with Crippen molar-refractivity contribution in [2.45, 2.75) is 38.6 Å². The standard InChI is InChI=1S/C15H20N2O3/c1-10(3-2-4-14(18)19)17-15(20)12-5-6-13-11(9-12)7-8-16-13/h5-6,9-10,16H,2-4,7-8H2,1H3,(H,17,20)(H,18,19). The van der Waals surface area contributed by atoms with Gasteiger partial charge in [0, 0.05) is 30.3 Å². The summed E-state index contributed by atoms with van der Waals surface area (Å²) in [6, 6.07) is 5.66. The van der Waals surface area contributed by atoms with E-state index in [9.17, 15) is 9.59 Å². The van der Waals surface area contributed by atoms with Gasteiger partial charge in [0.25, 0.3) is 5.91 Å². The van der Waals surface area contributed by atoms with Crippen molar-refractivity contribution in [3.8, 4) is 0 Å². The summed E-state index contributed by atoms with van der Waals surface area (Å²) in [5.74, 6) is -0.892. The summed E-state index contributed by atoms with van der Waals surface area (Å²) < 4.78 is 0. The molecule has 0 aromatic heterocycles. The molecule has 1 atom stereocenters. The Balaban J connectivity index is 1.86. The molecule has 0 saturated heterocycles. The van der Waals surface area contributed by atoms with Gasteiger partial charge in [0.2, 0.25) is 0 Å². The lowest BCUT2D eigenvalue weighted by atomic mass is 10.1. The van der Waals surface area contributed by atoms with E-state index in [0.717, 1.165) is 18.7 Å². The van der Waals surface area contributed by atoms with E-state index in [0.29, 0.717) is 18.4 Å². The molecular formula is C15H20N2O3. The van der Waals surface area contributed by atoms with Crippen LogP contribution in [-0.2, 0) is 11.2 Å². The van der Waals surface area contributed by atoms with Gasteiger partial charge in [-0.25, -0.2) is 0 Å². The van der Waals surface area contributed by atoms with Crippen LogP contribution in [0.25, 0.3) is 0 Å². The van der Waals surface area contributed by atoms with Crippen molar-refractivity contribution in [1.29, 1.82) is 0 Å². The van der Waals surface area contributed by atoms with Gasteiger partial charge in [0.1, 0.15) is 0 Å². The van der Waals surface area contributed by atoms with E-state index in [1.807, 2.05) is 25.1 Å². The molecule has 1 aromatic rings. The Kier molecular flexibility index (Phi) is 4.61. The maximum atomic E-state index is 12.1. The number of benzene rings is 1. The van der Waals surface area contributed by atoms with Crippen LogP contribution in [0.2, 0.25) is 0 Å². The highest BCUT2D eigenvalue weighted by Crippen LogP contribution is 2.23. The second kappa shape index (κ2) is 6.41. The summed E-state index contributed by atoms with van der Waals surface area (Å²) in [7, 11) is 0. The summed E-state index contributed by atoms with van der Waals surface area (Å²) in [4.78, 5) is 22.5. The zero-order valence-corrected chi connectivity index (χ0v) is 11.6. The lowest BCUT2D eigenvalue weighted by molar-refractivity contribution is -0.137. The van der Waals surface area contributed by atoms with E-state index in [-0.39, 0.29) is 18.4 Å². The van der Waals surface area contributed by atoms with Crippen molar-refractivity contribution in [2.75, 3.05) is 11.9 Å². The monoisotopic (exact) mass is 276 g/mol. The maximum Gasteiger partial charge on any atom is 0.303 e. The number of nitrogens with one attached hydrogen (secondary N) is 2. The smallest absolute Gasteiger partial charge is 0.303 e. The van der Waals surface area contributed by atoms with Crippen molar-refractivity contribution < 1.29 is 14.7 Å². The third-order valence-electron chi connectivity index (χ3n) is 3.48. The Bertz CT molecular complexity index is 514. The predicted octanol–water partition coefficient (Wildman–Crippen LogP) is 2.03. The van der Waals surface area contributed by atoms with Crippen LogP contribution in [0.15, 0.2) is 18.2 Å². The number of amides is 1. The van der Waals surface area contributed by atoms with Crippen molar-refractivity contribution >= 4 is 17.6 Å². The van der Waals surface area contributed by atoms with Crippen molar-refractivity contribution in [1.82, 2.24) is 5.32 Å². The maximum absolute atomic E-state index is 12.1. The fourth-order valence-electron chi connectivity index (χ4n) is 2.38. The highest BCUT2D eigenvalue weighted by atomic mass is 16.4. The van der Waals surface area contributed by atoms with Crippen LogP contribution in [0, 0.1) is 0 Å². The average molecular weight is 276 g/mol. The van der Waals surface area contributed by atoms with Crippen LogP contribution in [-0.4, -0.2) is 29.6 Å². The minimum Gasteiger partial charge on any atom is -0.481 e. The number of fused-ring (bicyclic) bond motifs is 1. The van der Waals surface area contributed by atoms with Gasteiger partial charge in [-0.05, 0) is 49.9 Å². The second-order valence-corrected chi connectivity index (χ2v) is 5.21. The molecule has 20 heavy (non-hydrogen) atoms. The number of rotatable bonds is 6. The molecule has 0 bridgehead atoms. The molecule has 1 aliphatic rings. The topological polar surface area (TPSA) is 78.4 Å². The lowest BCUT2D eigenvalue weighted by Gasteiger charge is -2.13. The van der Waals surface area contributed by atoms with Gasteiger partial charge in [0.15, 0.2) is 0 Å². The molecule has 5 nitrogen and oxygen atoms in total. The van der Waals surface area contributed by atoms with Crippen LogP contribution in [0.5, 0.6) is 0 Å².